The second kappa shape index (κ2) is 8.69. The van der Waals surface area contributed by atoms with Gasteiger partial charge in [-0.25, -0.2) is 0 Å². The van der Waals surface area contributed by atoms with Crippen molar-refractivity contribution in [1.29, 1.82) is 0 Å². The van der Waals surface area contributed by atoms with Crippen LogP contribution in [0.25, 0.3) is 11.4 Å². The number of nitrogens with zero attached hydrogens (tertiary/aromatic N) is 3. The summed E-state index contributed by atoms with van der Waals surface area (Å²) < 4.78 is 7.16. The van der Waals surface area contributed by atoms with E-state index in [1.54, 1.807) is 7.11 Å². The fraction of sp³-hybridized carbons (Fsp3) is 0.471. The minimum absolute atomic E-state index is 0.0400. The largest absolute Gasteiger partial charge is 0.385 e. The molecule has 0 saturated heterocycles. The van der Waals surface area contributed by atoms with Crippen molar-refractivity contribution in [1.82, 2.24) is 20.1 Å². The Kier molecular flexibility index (Phi) is 6.34. The second-order valence-electron chi connectivity index (χ2n) is 5.91. The Hall–Kier alpha value is -1.57. The maximum absolute atomic E-state index is 11.9. The van der Waals surface area contributed by atoms with E-state index >= 15 is 0 Å². The second-order valence-corrected chi connectivity index (χ2v) is 7.26. The van der Waals surface area contributed by atoms with E-state index in [0.29, 0.717) is 35.8 Å². The highest BCUT2D eigenvalue weighted by atomic mass is 35.5. The van der Waals surface area contributed by atoms with Crippen molar-refractivity contribution in [2.75, 3.05) is 19.5 Å². The van der Waals surface area contributed by atoms with Gasteiger partial charge in [0.05, 0.1) is 10.8 Å². The number of hydrogen-bond donors (Lipinski definition) is 1. The van der Waals surface area contributed by atoms with Crippen molar-refractivity contribution in [2.45, 2.75) is 37.0 Å². The van der Waals surface area contributed by atoms with E-state index in [9.17, 15) is 4.79 Å². The van der Waals surface area contributed by atoms with Gasteiger partial charge in [-0.05, 0) is 31.4 Å². The van der Waals surface area contributed by atoms with E-state index in [1.807, 2.05) is 28.8 Å². The average Bonchev–Trinajstić information content (AvgIpc) is 3.33. The molecule has 1 N–H and O–H groups in total. The van der Waals surface area contributed by atoms with Gasteiger partial charge in [-0.3, -0.25) is 4.79 Å². The van der Waals surface area contributed by atoms with Crippen LogP contribution in [0.3, 0.4) is 0 Å². The van der Waals surface area contributed by atoms with Crippen LogP contribution >= 0.6 is 23.4 Å². The van der Waals surface area contributed by atoms with Gasteiger partial charge >= 0.3 is 0 Å². The zero-order chi connectivity index (χ0) is 17.6. The third-order valence-electron chi connectivity index (χ3n) is 3.84. The van der Waals surface area contributed by atoms with Gasteiger partial charge in [0.25, 0.3) is 0 Å². The molecule has 8 heteroatoms. The van der Waals surface area contributed by atoms with Crippen molar-refractivity contribution >= 4 is 29.3 Å². The van der Waals surface area contributed by atoms with Crippen LogP contribution in [0, 0.1) is 0 Å². The molecule has 3 rings (SSSR count). The van der Waals surface area contributed by atoms with Gasteiger partial charge in [0.15, 0.2) is 11.0 Å². The molecule has 1 aromatic carbocycles. The van der Waals surface area contributed by atoms with Gasteiger partial charge in [-0.2, -0.15) is 0 Å². The molecule has 1 aliphatic carbocycles. The highest BCUT2D eigenvalue weighted by Crippen LogP contribution is 2.29. The first-order chi connectivity index (χ1) is 12.2. The van der Waals surface area contributed by atoms with Crippen molar-refractivity contribution in [3.05, 3.63) is 29.3 Å². The fourth-order valence-corrected chi connectivity index (χ4v) is 3.43. The predicted molar refractivity (Wildman–Crippen MR) is 98.8 cm³/mol. The summed E-state index contributed by atoms with van der Waals surface area (Å²) >= 11 is 7.71. The average molecular weight is 381 g/mol. The standard InChI is InChI=1S/C17H21ClN4O2S/c1-24-10-4-9-22-16(13-5-2-3-6-14(13)18)20-21-17(22)25-11-15(23)19-12-7-8-12/h2-3,5-6,12H,4,7-11H2,1H3,(H,19,23). The molecular weight excluding hydrogens is 360 g/mol. The first-order valence-electron chi connectivity index (χ1n) is 8.28. The lowest BCUT2D eigenvalue weighted by Crippen LogP contribution is -2.27. The third-order valence-corrected chi connectivity index (χ3v) is 5.13. The molecule has 1 aromatic heterocycles. The molecule has 25 heavy (non-hydrogen) atoms. The van der Waals surface area contributed by atoms with Gasteiger partial charge < -0.3 is 14.6 Å². The summed E-state index contributed by atoms with van der Waals surface area (Å²) in [6, 6.07) is 7.93. The van der Waals surface area contributed by atoms with Crippen molar-refractivity contribution in [2.24, 2.45) is 0 Å². The third kappa shape index (κ3) is 4.96. The Morgan fingerprint density at radius 2 is 2.20 bits per heavy atom. The number of thioether (sulfide) groups is 1. The first-order valence-corrected chi connectivity index (χ1v) is 9.64. The zero-order valence-corrected chi connectivity index (χ0v) is 15.6. The highest BCUT2D eigenvalue weighted by Gasteiger charge is 2.24. The summed E-state index contributed by atoms with van der Waals surface area (Å²) in [6.07, 6.45) is 2.99. The molecule has 0 unspecified atom stereocenters. The number of halogens is 1. The molecule has 134 valence electrons. The van der Waals surface area contributed by atoms with Crippen LogP contribution in [-0.2, 0) is 16.1 Å². The Labute approximate surface area is 156 Å². The number of benzene rings is 1. The fourth-order valence-electron chi connectivity index (χ4n) is 2.43. The predicted octanol–water partition coefficient (Wildman–Crippen LogP) is 3.01. The van der Waals surface area contributed by atoms with E-state index < -0.39 is 0 Å². The van der Waals surface area contributed by atoms with E-state index in [4.69, 9.17) is 16.3 Å². The Morgan fingerprint density at radius 1 is 1.40 bits per heavy atom. The van der Waals surface area contributed by atoms with Crippen LogP contribution in [0.2, 0.25) is 5.02 Å². The van der Waals surface area contributed by atoms with Gasteiger partial charge in [-0.1, -0.05) is 35.5 Å². The molecule has 1 saturated carbocycles. The summed E-state index contributed by atoms with van der Waals surface area (Å²) in [6.45, 7) is 1.35. The van der Waals surface area contributed by atoms with E-state index in [1.165, 1.54) is 11.8 Å². The maximum atomic E-state index is 11.9. The van der Waals surface area contributed by atoms with Crippen LogP contribution in [-0.4, -0.2) is 46.2 Å². The zero-order valence-electron chi connectivity index (χ0n) is 14.1. The Bertz CT molecular complexity index is 733. The molecule has 0 aliphatic heterocycles. The molecule has 1 amide bonds. The van der Waals surface area contributed by atoms with E-state index in [0.717, 1.165) is 30.0 Å². The molecule has 6 nitrogen and oxygen atoms in total. The lowest BCUT2D eigenvalue weighted by molar-refractivity contribution is -0.118. The molecule has 0 spiro atoms. The smallest absolute Gasteiger partial charge is 0.230 e. The quantitative estimate of drug-likeness (QED) is 0.535. The van der Waals surface area contributed by atoms with Crippen LogP contribution in [0.5, 0.6) is 0 Å². The lowest BCUT2D eigenvalue weighted by atomic mass is 10.2. The van der Waals surface area contributed by atoms with Crippen LogP contribution in [0.1, 0.15) is 19.3 Å². The number of methoxy groups -OCH3 is 1. The minimum atomic E-state index is 0.0400. The molecular formula is C17H21ClN4O2S. The van der Waals surface area contributed by atoms with Crippen LogP contribution in [0.4, 0.5) is 0 Å². The molecule has 0 bridgehead atoms. The number of aromatic nitrogens is 3. The van der Waals surface area contributed by atoms with Crippen molar-refractivity contribution < 1.29 is 9.53 Å². The number of carbonyl (C=O) groups excluding carboxylic acids is 1. The SMILES string of the molecule is COCCCn1c(SCC(=O)NC2CC2)nnc1-c1ccccc1Cl. The van der Waals surface area contributed by atoms with Crippen molar-refractivity contribution in [3.8, 4) is 11.4 Å². The van der Waals surface area contributed by atoms with Crippen molar-refractivity contribution in [3.63, 3.8) is 0 Å². The summed E-state index contributed by atoms with van der Waals surface area (Å²) in [7, 11) is 1.68. The molecule has 2 aromatic rings. The molecule has 0 atom stereocenters. The summed E-state index contributed by atoms with van der Waals surface area (Å²) in [5.41, 5.74) is 0.836. The Balaban J connectivity index is 1.76. The first kappa shape index (κ1) is 18.2. The molecule has 1 aliphatic rings. The van der Waals surface area contributed by atoms with Gasteiger partial charge in [-0.15, -0.1) is 10.2 Å². The lowest BCUT2D eigenvalue weighted by Gasteiger charge is -2.11. The van der Waals surface area contributed by atoms with E-state index in [-0.39, 0.29) is 5.91 Å². The summed E-state index contributed by atoms with van der Waals surface area (Å²) in [5.74, 6) is 1.09. The number of rotatable bonds is 9. The van der Waals surface area contributed by atoms with Crippen LogP contribution in [0.15, 0.2) is 29.4 Å². The van der Waals surface area contributed by atoms with E-state index in [2.05, 4.69) is 15.5 Å². The summed E-state index contributed by atoms with van der Waals surface area (Å²) in [4.78, 5) is 11.9. The number of carbonyl (C=O) groups is 1. The normalized spacial score (nSPS) is 13.8. The minimum Gasteiger partial charge on any atom is -0.385 e. The molecule has 1 heterocycles. The number of hydrogen-bond acceptors (Lipinski definition) is 5. The summed E-state index contributed by atoms with van der Waals surface area (Å²) in [5, 5.41) is 12.9. The topological polar surface area (TPSA) is 69.0 Å². The van der Waals surface area contributed by atoms with Crippen LogP contribution < -0.4 is 5.32 Å². The maximum Gasteiger partial charge on any atom is 0.230 e. The number of nitrogens with one attached hydrogen (secondary N) is 1. The van der Waals surface area contributed by atoms with Gasteiger partial charge in [0, 0.05) is 31.9 Å². The van der Waals surface area contributed by atoms with Gasteiger partial charge in [0.1, 0.15) is 0 Å². The number of ether oxygens (including phenoxy) is 1. The number of amides is 1. The Morgan fingerprint density at radius 3 is 2.92 bits per heavy atom. The van der Waals surface area contributed by atoms with Gasteiger partial charge in [0.2, 0.25) is 5.91 Å². The molecule has 0 radical (unpaired) electrons. The molecule has 1 fully saturated rings. The monoisotopic (exact) mass is 380 g/mol. The highest BCUT2D eigenvalue weighted by molar-refractivity contribution is 7.99.